The van der Waals surface area contributed by atoms with E-state index in [-0.39, 0.29) is 5.43 Å². The molecule has 202 valence electrons. The lowest BCUT2D eigenvalue weighted by atomic mass is 10.0. The lowest BCUT2D eigenvalue weighted by Crippen LogP contribution is -2.05. The zero-order valence-electron chi connectivity index (χ0n) is 23.1. The van der Waals surface area contributed by atoms with Gasteiger partial charge < -0.3 is 4.74 Å². The molecule has 0 N–H and O–H groups in total. The Balaban J connectivity index is 1.53. The molecule has 0 aliphatic carbocycles. The van der Waals surface area contributed by atoms with E-state index in [4.69, 9.17) is 16.3 Å². The molecular formula is C34H42ClO2S+. The first-order valence-electron chi connectivity index (χ1n) is 14.6. The molecule has 0 saturated heterocycles. The van der Waals surface area contributed by atoms with E-state index in [2.05, 4.69) is 44.2 Å². The lowest BCUT2D eigenvalue weighted by Gasteiger charge is -2.10. The molecule has 2 nitrogen and oxygen atoms in total. The van der Waals surface area contributed by atoms with Crippen LogP contribution in [0.15, 0.2) is 65.5 Å². The van der Waals surface area contributed by atoms with Gasteiger partial charge in [0.2, 0.25) is 10.1 Å². The largest absolute Gasteiger partial charge is 0.488 e. The first kappa shape index (κ1) is 28.6. The minimum atomic E-state index is -0.457. The number of halogens is 1. The minimum Gasteiger partial charge on any atom is -0.488 e. The zero-order valence-corrected chi connectivity index (χ0v) is 24.6. The van der Waals surface area contributed by atoms with Gasteiger partial charge in [0.05, 0.1) is 17.0 Å². The number of benzene rings is 3. The molecule has 38 heavy (non-hydrogen) atoms. The summed E-state index contributed by atoms with van der Waals surface area (Å²) in [4.78, 5) is 14.7. The number of rotatable bonds is 15. The highest BCUT2D eigenvalue weighted by Crippen LogP contribution is 2.48. The fourth-order valence-electron chi connectivity index (χ4n) is 5.21. The van der Waals surface area contributed by atoms with Crippen LogP contribution in [0.1, 0.15) is 90.0 Å². The van der Waals surface area contributed by atoms with Crippen molar-refractivity contribution < 1.29 is 4.74 Å². The number of fused-ring (bicyclic) bond motifs is 2. The Morgan fingerprint density at radius 3 is 2.08 bits per heavy atom. The summed E-state index contributed by atoms with van der Waals surface area (Å²) in [7, 11) is -0.457. The topological polar surface area (TPSA) is 26.3 Å². The third-order valence-electron chi connectivity index (χ3n) is 7.29. The van der Waals surface area contributed by atoms with Crippen LogP contribution < -0.4 is 10.2 Å². The van der Waals surface area contributed by atoms with E-state index in [0.717, 1.165) is 33.4 Å². The molecule has 3 aromatic carbocycles. The van der Waals surface area contributed by atoms with Crippen molar-refractivity contribution in [3.8, 4) is 10.6 Å². The second kappa shape index (κ2) is 14.7. The van der Waals surface area contributed by atoms with Crippen LogP contribution in [-0.4, -0.2) is 6.61 Å². The van der Waals surface area contributed by atoms with Crippen molar-refractivity contribution >= 4 is 42.2 Å². The Morgan fingerprint density at radius 2 is 1.39 bits per heavy atom. The van der Waals surface area contributed by atoms with Crippen molar-refractivity contribution in [1.29, 1.82) is 0 Å². The van der Waals surface area contributed by atoms with E-state index < -0.39 is 10.5 Å². The maximum Gasteiger partial charge on any atom is 0.234 e. The highest BCUT2D eigenvalue weighted by molar-refractivity contribution is 7.49. The molecule has 4 rings (SSSR count). The van der Waals surface area contributed by atoms with Gasteiger partial charge >= 0.3 is 0 Å². The monoisotopic (exact) mass is 549 g/mol. The number of hydrogen-bond acceptors (Lipinski definition) is 2. The van der Waals surface area contributed by atoms with E-state index in [1.807, 2.05) is 24.3 Å². The molecule has 1 unspecified atom stereocenters. The van der Waals surface area contributed by atoms with Gasteiger partial charge in [-0.3, -0.25) is 4.79 Å². The molecule has 0 fully saturated rings. The van der Waals surface area contributed by atoms with E-state index in [9.17, 15) is 4.79 Å². The van der Waals surface area contributed by atoms with Crippen molar-refractivity contribution in [1.82, 2.24) is 0 Å². The highest BCUT2D eigenvalue weighted by atomic mass is 35.5. The van der Waals surface area contributed by atoms with Crippen LogP contribution in [0, 0.1) is 0 Å². The Morgan fingerprint density at radius 1 is 0.737 bits per heavy atom. The third-order valence-corrected chi connectivity index (χ3v) is 9.96. The molecule has 0 bridgehead atoms. The fourth-order valence-corrected chi connectivity index (χ4v) is 7.96. The number of ether oxygens (including phenoxy) is 1. The Bertz CT molecular complexity index is 1370. The fraction of sp³-hybridized carbons (Fsp3) is 0.441. The van der Waals surface area contributed by atoms with Gasteiger partial charge in [-0.15, -0.1) is 0 Å². The van der Waals surface area contributed by atoms with E-state index >= 15 is 0 Å². The van der Waals surface area contributed by atoms with Gasteiger partial charge in [0, 0.05) is 10.5 Å². The first-order chi connectivity index (χ1) is 18.7. The van der Waals surface area contributed by atoms with Crippen molar-refractivity contribution in [3.05, 3.63) is 81.5 Å². The third kappa shape index (κ3) is 6.98. The molecule has 1 aromatic heterocycles. The van der Waals surface area contributed by atoms with Crippen molar-refractivity contribution in [3.63, 3.8) is 0 Å². The lowest BCUT2D eigenvalue weighted by molar-refractivity contribution is 0.321. The molecule has 0 aliphatic rings. The Hall–Kier alpha value is -2.36. The van der Waals surface area contributed by atoms with Crippen LogP contribution in [0.4, 0.5) is 0 Å². The highest BCUT2D eigenvalue weighted by Gasteiger charge is 2.28. The van der Waals surface area contributed by atoms with Gasteiger partial charge in [0.1, 0.15) is 5.39 Å². The molecular weight excluding hydrogens is 508 g/mol. The van der Waals surface area contributed by atoms with Crippen LogP contribution in [-0.2, 0) is 6.42 Å². The molecule has 0 spiro atoms. The van der Waals surface area contributed by atoms with E-state index in [1.165, 1.54) is 74.7 Å². The number of hydrogen-bond donors (Lipinski definition) is 0. The van der Waals surface area contributed by atoms with Crippen LogP contribution in [0.5, 0.6) is 5.75 Å². The molecule has 0 amide bonds. The van der Waals surface area contributed by atoms with E-state index in [1.54, 1.807) is 6.07 Å². The van der Waals surface area contributed by atoms with Gasteiger partial charge in [0.15, 0.2) is 15.3 Å². The van der Waals surface area contributed by atoms with Gasteiger partial charge in [-0.25, -0.2) is 0 Å². The molecule has 0 radical (unpaired) electrons. The summed E-state index contributed by atoms with van der Waals surface area (Å²) in [5.41, 5.74) is 1.37. The van der Waals surface area contributed by atoms with Crippen molar-refractivity contribution in [2.75, 3.05) is 6.61 Å². The summed E-state index contributed by atoms with van der Waals surface area (Å²) >= 11 is 6.65. The minimum absolute atomic E-state index is 0.0103. The standard InChI is InChI=1S/C34H42ClO2S/c1-3-5-6-7-8-9-10-11-12-13-16-26-19-21-27(22-20-26)38-31-18-15-14-17-28(31)33(36)32-29(35)23-24-30(34(32)38)37-25-4-2/h14-15,17-24H,3-13,16,25H2,1-2H3/q+1. The predicted octanol–water partition coefficient (Wildman–Crippen LogP) is 11.0. The second-order valence-corrected chi connectivity index (χ2v) is 12.6. The number of aryl methyl sites for hydroxylation is 1. The Labute approximate surface area is 236 Å². The van der Waals surface area contributed by atoms with E-state index in [0.29, 0.717) is 17.0 Å². The van der Waals surface area contributed by atoms with Gasteiger partial charge in [-0.2, -0.15) is 0 Å². The van der Waals surface area contributed by atoms with Gasteiger partial charge in [-0.1, -0.05) is 108 Å². The summed E-state index contributed by atoms with van der Waals surface area (Å²) in [6.45, 7) is 4.98. The Kier molecular flexibility index (Phi) is 11.1. The molecule has 1 heterocycles. The maximum atomic E-state index is 13.5. The number of unbranched alkanes of at least 4 members (excludes halogenated alkanes) is 9. The SMILES string of the molecule is CCCCCCCCCCCCc1ccc(-[s+]2c3ccccc3c(=O)c3c(Cl)ccc(OCCC)c32)cc1. The van der Waals surface area contributed by atoms with Crippen LogP contribution in [0.3, 0.4) is 0 Å². The van der Waals surface area contributed by atoms with Gasteiger partial charge in [0.25, 0.3) is 0 Å². The normalized spacial score (nSPS) is 11.9. The summed E-state index contributed by atoms with van der Waals surface area (Å²) in [5.74, 6) is 0.770. The maximum absolute atomic E-state index is 13.5. The molecule has 4 heteroatoms. The average molecular weight is 550 g/mol. The molecule has 0 saturated carbocycles. The smallest absolute Gasteiger partial charge is 0.234 e. The first-order valence-corrected chi connectivity index (χ1v) is 16.2. The second-order valence-electron chi connectivity index (χ2n) is 10.3. The molecule has 1 atom stereocenters. The van der Waals surface area contributed by atoms with Gasteiger partial charge in [-0.05, 0) is 61.2 Å². The molecule has 4 aromatic rings. The quantitative estimate of drug-likeness (QED) is 0.0836. The average Bonchev–Trinajstić information content (AvgIpc) is 2.94. The molecule has 0 aliphatic heterocycles. The van der Waals surface area contributed by atoms with Crippen molar-refractivity contribution in [2.24, 2.45) is 0 Å². The summed E-state index contributed by atoms with van der Waals surface area (Å²) in [6.07, 6.45) is 15.6. The summed E-state index contributed by atoms with van der Waals surface area (Å²) in [5, 5.41) is 1.84. The van der Waals surface area contributed by atoms with Crippen LogP contribution in [0.2, 0.25) is 5.02 Å². The predicted molar refractivity (Wildman–Crippen MR) is 168 cm³/mol. The summed E-state index contributed by atoms with van der Waals surface area (Å²) < 4.78 is 8.14. The zero-order chi connectivity index (χ0) is 26.7. The van der Waals surface area contributed by atoms with Crippen molar-refractivity contribution in [2.45, 2.75) is 90.9 Å². The van der Waals surface area contributed by atoms with Crippen LogP contribution in [0.25, 0.3) is 25.1 Å². The summed E-state index contributed by atoms with van der Waals surface area (Å²) in [6, 6.07) is 20.7. The van der Waals surface area contributed by atoms with Crippen LogP contribution >= 0.6 is 22.1 Å².